The van der Waals surface area contributed by atoms with Crippen LogP contribution in [-0.4, -0.2) is 30.5 Å². The molecule has 116 valence electrons. The summed E-state index contributed by atoms with van der Waals surface area (Å²) in [5.41, 5.74) is 0. The van der Waals surface area contributed by atoms with Crippen LogP contribution < -0.4 is 10.6 Å². The maximum Gasteiger partial charge on any atom is 0.104 e. The Hall–Kier alpha value is -0.120. The Bertz CT molecular complexity index is 164. The van der Waals surface area contributed by atoms with E-state index in [0.29, 0.717) is 6.04 Å². The van der Waals surface area contributed by atoms with Crippen molar-refractivity contribution in [1.82, 2.24) is 10.6 Å². The molecule has 0 heterocycles. The highest BCUT2D eigenvalue weighted by molar-refractivity contribution is 4.72. The lowest BCUT2D eigenvalue weighted by molar-refractivity contribution is 0.109. The fraction of sp³-hybridized carbons (Fsp3) is 1.00. The first-order valence-corrected chi connectivity index (χ1v) is 8.39. The Morgan fingerprint density at radius 2 is 1.68 bits per heavy atom. The molecule has 0 radical (unpaired) electrons. The Labute approximate surface area is 120 Å². The number of hydrogen-bond donors (Lipinski definition) is 3. The first-order valence-electron chi connectivity index (χ1n) is 8.39. The average molecular weight is 272 g/mol. The maximum absolute atomic E-state index is 9.30. The Kier molecular flexibility index (Phi) is 14.2. The van der Waals surface area contributed by atoms with Crippen molar-refractivity contribution in [3.8, 4) is 0 Å². The van der Waals surface area contributed by atoms with Gasteiger partial charge < -0.3 is 10.4 Å². The molecule has 19 heavy (non-hydrogen) atoms. The van der Waals surface area contributed by atoms with Crippen LogP contribution >= 0.6 is 0 Å². The normalized spacial score (nSPS) is 17.7. The minimum absolute atomic E-state index is 0.280. The first-order chi connectivity index (χ1) is 9.24. The summed E-state index contributed by atoms with van der Waals surface area (Å²) < 4.78 is 0. The van der Waals surface area contributed by atoms with Crippen LogP contribution in [0.25, 0.3) is 0 Å². The zero-order chi connectivity index (χ0) is 14.3. The summed E-state index contributed by atoms with van der Waals surface area (Å²) in [5.74, 6) is 0. The van der Waals surface area contributed by atoms with Gasteiger partial charge in [-0.15, -0.1) is 0 Å². The van der Waals surface area contributed by atoms with E-state index in [2.05, 4.69) is 24.5 Å². The molecule has 0 aromatic carbocycles. The van der Waals surface area contributed by atoms with Gasteiger partial charge in [-0.1, -0.05) is 46.5 Å². The predicted octanol–water partition coefficient (Wildman–Crippen LogP) is 3.42. The van der Waals surface area contributed by atoms with E-state index in [4.69, 9.17) is 0 Å². The van der Waals surface area contributed by atoms with Crippen molar-refractivity contribution < 1.29 is 5.11 Å². The zero-order valence-electron chi connectivity index (χ0n) is 13.4. The van der Waals surface area contributed by atoms with Crippen LogP contribution in [-0.2, 0) is 0 Å². The van der Waals surface area contributed by atoms with Crippen molar-refractivity contribution in [3.63, 3.8) is 0 Å². The van der Waals surface area contributed by atoms with Crippen molar-refractivity contribution in [2.45, 2.75) is 90.8 Å². The molecule has 3 heteroatoms. The summed E-state index contributed by atoms with van der Waals surface area (Å²) in [6.07, 6.45) is 10.9. The van der Waals surface area contributed by atoms with Crippen molar-refractivity contribution in [2.24, 2.45) is 0 Å². The highest BCUT2D eigenvalue weighted by Crippen LogP contribution is 2.17. The van der Waals surface area contributed by atoms with Crippen LogP contribution in [0.2, 0.25) is 0 Å². The van der Waals surface area contributed by atoms with Gasteiger partial charge in [0.25, 0.3) is 0 Å². The van der Waals surface area contributed by atoms with Gasteiger partial charge in [-0.3, -0.25) is 5.32 Å². The fourth-order valence-electron chi connectivity index (χ4n) is 2.26. The summed E-state index contributed by atoms with van der Waals surface area (Å²) in [6, 6.07) is 0.582. The third kappa shape index (κ3) is 12.6. The molecule has 0 aromatic heterocycles. The first kappa shape index (κ1) is 18.9. The molecule has 0 amide bonds. The van der Waals surface area contributed by atoms with E-state index in [1.807, 2.05) is 6.92 Å². The minimum Gasteiger partial charge on any atom is -0.379 e. The van der Waals surface area contributed by atoms with Gasteiger partial charge in [-0.2, -0.15) is 0 Å². The second-order valence-electron chi connectivity index (χ2n) is 5.53. The minimum atomic E-state index is -0.280. The average Bonchev–Trinajstić information content (AvgIpc) is 2.45. The van der Waals surface area contributed by atoms with Crippen LogP contribution in [0.4, 0.5) is 0 Å². The van der Waals surface area contributed by atoms with Crippen LogP contribution in [0.1, 0.15) is 78.6 Å². The number of hydrogen-bond acceptors (Lipinski definition) is 3. The molecule has 0 spiro atoms. The fourth-order valence-corrected chi connectivity index (χ4v) is 2.26. The molecular formula is C16H36N2O. The third-order valence-corrected chi connectivity index (χ3v) is 3.55. The van der Waals surface area contributed by atoms with Gasteiger partial charge in [0.2, 0.25) is 0 Å². The SMILES string of the molecule is CCC(O)NC1CCCCC1.CCCCNCCC. The molecule has 1 atom stereocenters. The van der Waals surface area contributed by atoms with Gasteiger partial charge in [-0.05, 0) is 45.2 Å². The smallest absolute Gasteiger partial charge is 0.104 e. The number of nitrogens with one attached hydrogen (secondary N) is 2. The zero-order valence-corrected chi connectivity index (χ0v) is 13.4. The molecule has 1 aliphatic carbocycles. The lowest BCUT2D eigenvalue weighted by atomic mass is 9.95. The number of aliphatic hydroxyl groups excluding tert-OH is 1. The van der Waals surface area contributed by atoms with Crippen molar-refractivity contribution in [2.75, 3.05) is 13.1 Å². The van der Waals surface area contributed by atoms with Crippen molar-refractivity contribution in [1.29, 1.82) is 0 Å². The molecular weight excluding hydrogens is 236 g/mol. The van der Waals surface area contributed by atoms with Gasteiger partial charge in [0, 0.05) is 6.04 Å². The van der Waals surface area contributed by atoms with Crippen molar-refractivity contribution >= 4 is 0 Å². The van der Waals surface area contributed by atoms with Gasteiger partial charge >= 0.3 is 0 Å². The second-order valence-corrected chi connectivity index (χ2v) is 5.53. The highest BCUT2D eigenvalue weighted by atomic mass is 16.3. The maximum atomic E-state index is 9.30. The van der Waals surface area contributed by atoms with Crippen LogP contribution in [0.3, 0.4) is 0 Å². The molecule has 0 aromatic rings. The van der Waals surface area contributed by atoms with Gasteiger partial charge in [0.05, 0.1) is 0 Å². The number of rotatable bonds is 8. The monoisotopic (exact) mass is 272 g/mol. The van der Waals surface area contributed by atoms with Gasteiger partial charge in [0.1, 0.15) is 6.23 Å². The Morgan fingerprint density at radius 1 is 1.00 bits per heavy atom. The Balaban J connectivity index is 0.000000362. The van der Waals surface area contributed by atoms with Crippen LogP contribution in [0.15, 0.2) is 0 Å². The highest BCUT2D eigenvalue weighted by Gasteiger charge is 2.14. The van der Waals surface area contributed by atoms with Crippen LogP contribution in [0.5, 0.6) is 0 Å². The summed E-state index contributed by atoms with van der Waals surface area (Å²) in [5, 5.41) is 15.9. The van der Waals surface area contributed by atoms with E-state index in [0.717, 1.165) is 6.42 Å². The van der Waals surface area contributed by atoms with E-state index in [9.17, 15) is 5.11 Å². The van der Waals surface area contributed by atoms with Gasteiger partial charge in [-0.25, -0.2) is 0 Å². The largest absolute Gasteiger partial charge is 0.379 e. The van der Waals surface area contributed by atoms with E-state index in [1.54, 1.807) is 0 Å². The summed E-state index contributed by atoms with van der Waals surface area (Å²) >= 11 is 0. The number of aliphatic hydroxyl groups is 1. The molecule has 0 bridgehead atoms. The third-order valence-electron chi connectivity index (χ3n) is 3.55. The van der Waals surface area contributed by atoms with E-state index in [-0.39, 0.29) is 6.23 Å². The predicted molar refractivity (Wildman–Crippen MR) is 84.4 cm³/mol. The Morgan fingerprint density at radius 3 is 2.21 bits per heavy atom. The second kappa shape index (κ2) is 14.3. The van der Waals surface area contributed by atoms with E-state index in [1.165, 1.54) is 64.5 Å². The van der Waals surface area contributed by atoms with Gasteiger partial charge in [0.15, 0.2) is 0 Å². The molecule has 3 nitrogen and oxygen atoms in total. The molecule has 0 saturated heterocycles. The molecule has 1 unspecified atom stereocenters. The van der Waals surface area contributed by atoms with E-state index < -0.39 is 0 Å². The van der Waals surface area contributed by atoms with E-state index >= 15 is 0 Å². The number of unbranched alkanes of at least 4 members (excludes halogenated alkanes) is 1. The molecule has 0 aliphatic heterocycles. The standard InChI is InChI=1S/C9H19NO.C7H17N/c1-2-9(11)10-8-6-4-3-5-7-8;1-3-5-7-8-6-4-2/h8-11H,2-7H2,1H3;8H,3-7H2,1-2H3. The summed E-state index contributed by atoms with van der Waals surface area (Å²) in [7, 11) is 0. The van der Waals surface area contributed by atoms with Crippen molar-refractivity contribution in [3.05, 3.63) is 0 Å². The lowest BCUT2D eigenvalue weighted by Gasteiger charge is -2.25. The molecule has 1 rings (SSSR count). The molecule has 3 N–H and O–H groups in total. The summed E-state index contributed by atoms with van der Waals surface area (Å²) in [4.78, 5) is 0. The molecule has 1 aliphatic rings. The quantitative estimate of drug-likeness (QED) is 0.468. The lowest BCUT2D eigenvalue weighted by Crippen LogP contribution is -2.38. The van der Waals surface area contributed by atoms with Crippen LogP contribution in [0, 0.1) is 0 Å². The topological polar surface area (TPSA) is 44.3 Å². The molecule has 1 fully saturated rings. The molecule has 1 saturated carbocycles. The summed E-state index contributed by atoms with van der Waals surface area (Å²) in [6.45, 7) is 8.79.